The Bertz CT molecular complexity index is 506. The Morgan fingerprint density at radius 3 is 2.24 bits per heavy atom. The molecule has 0 fully saturated rings. The van der Waals surface area contributed by atoms with E-state index in [1.54, 1.807) is 0 Å². The number of allylic oxidation sites excluding steroid dienone is 1. The first kappa shape index (κ1) is 12.8. The first-order chi connectivity index (χ1) is 7.80. The average Bonchev–Trinajstić information content (AvgIpc) is 2.25. The zero-order chi connectivity index (χ0) is 13.1. The third kappa shape index (κ3) is 3.65. The molecular weight excluding hydrogens is 235 g/mol. The fourth-order valence-corrected chi connectivity index (χ4v) is 0.885. The van der Waals surface area contributed by atoms with E-state index in [-0.39, 0.29) is 11.3 Å². The molecule has 0 aromatic heterocycles. The Kier molecular flexibility index (Phi) is 3.53. The van der Waals surface area contributed by atoms with Gasteiger partial charge < -0.3 is 0 Å². The van der Waals surface area contributed by atoms with Crippen molar-refractivity contribution in [3.63, 3.8) is 0 Å². The number of halogens is 3. The van der Waals surface area contributed by atoms with Crippen LogP contribution in [-0.2, 0) is 0 Å². The molecule has 1 rings (SSSR count). The molecule has 0 unspecified atom stereocenters. The first-order valence-electron chi connectivity index (χ1n) is 4.33. The lowest BCUT2D eigenvalue weighted by atomic mass is 10.2. The van der Waals surface area contributed by atoms with Crippen LogP contribution in [0.5, 0.6) is 0 Å². The summed E-state index contributed by atoms with van der Waals surface area (Å²) in [4.78, 5) is 9.71. The lowest BCUT2D eigenvalue weighted by Gasteiger charge is -2.01. The molecule has 0 saturated heterocycles. The third-order valence-electron chi connectivity index (χ3n) is 1.78. The summed E-state index contributed by atoms with van der Waals surface area (Å²) in [6, 6.07) is 4.88. The molecule has 1 aromatic carbocycles. The number of rotatable bonds is 1. The molecular formula is C11H6F3NO2. The van der Waals surface area contributed by atoms with E-state index in [2.05, 4.69) is 12.5 Å². The molecule has 0 heterocycles. The molecule has 0 N–H and O–H groups in total. The van der Waals surface area contributed by atoms with Gasteiger partial charge in [-0.15, -0.1) is 0 Å². The van der Waals surface area contributed by atoms with Crippen molar-refractivity contribution in [2.24, 2.45) is 0 Å². The summed E-state index contributed by atoms with van der Waals surface area (Å²) in [6.07, 6.45) is -4.55. The van der Waals surface area contributed by atoms with Crippen molar-refractivity contribution in [2.75, 3.05) is 0 Å². The molecule has 6 heteroatoms. The number of non-ortho nitro benzene ring substituents is 1. The predicted octanol–water partition coefficient (Wildman–Crippen LogP) is 3.06. The topological polar surface area (TPSA) is 43.1 Å². The van der Waals surface area contributed by atoms with Crippen LogP contribution in [0.4, 0.5) is 18.9 Å². The van der Waals surface area contributed by atoms with Crippen LogP contribution in [0, 0.1) is 22.0 Å². The predicted molar refractivity (Wildman–Crippen MR) is 55.2 cm³/mol. The van der Waals surface area contributed by atoms with Crippen LogP contribution in [0.25, 0.3) is 0 Å². The van der Waals surface area contributed by atoms with Crippen molar-refractivity contribution in [1.82, 2.24) is 0 Å². The number of nitro benzene ring substituents is 1. The van der Waals surface area contributed by atoms with Crippen molar-refractivity contribution in [1.29, 1.82) is 0 Å². The van der Waals surface area contributed by atoms with Crippen LogP contribution in [0.15, 0.2) is 36.4 Å². The zero-order valence-electron chi connectivity index (χ0n) is 8.41. The largest absolute Gasteiger partial charge is 0.423 e. The smallest absolute Gasteiger partial charge is 0.258 e. The van der Waals surface area contributed by atoms with Crippen LogP contribution in [-0.4, -0.2) is 11.1 Å². The quantitative estimate of drug-likeness (QED) is 0.431. The van der Waals surface area contributed by atoms with E-state index in [0.29, 0.717) is 0 Å². The van der Waals surface area contributed by atoms with Gasteiger partial charge in [-0.3, -0.25) is 10.1 Å². The summed E-state index contributed by atoms with van der Waals surface area (Å²) in [5.74, 6) is 4.07. The minimum absolute atomic E-state index is 0.148. The maximum atomic E-state index is 12.0. The van der Waals surface area contributed by atoms with Crippen molar-refractivity contribution >= 4 is 5.69 Å². The van der Waals surface area contributed by atoms with Gasteiger partial charge in [-0.2, -0.15) is 13.2 Å². The van der Waals surface area contributed by atoms with Crippen LogP contribution in [0.1, 0.15) is 5.56 Å². The molecule has 0 aliphatic rings. The maximum Gasteiger partial charge on any atom is 0.423 e. The van der Waals surface area contributed by atoms with Crippen molar-refractivity contribution in [3.05, 3.63) is 52.1 Å². The molecule has 0 atom stereocenters. The minimum atomic E-state index is -4.55. The minimum Gasteiger partial charge on any atom is -0.258 e. The van der Waals surface area contributed by atoms with E-state index in [9.17, 15) is 23.3 Å². The van der Waals surface area contributed by atoms with Crippen LogP contribution in [0.3, 0.4) is 0 Å². The van der Waals surface area contributed by atoms with Crippen molar-refractivity contribution in [2.45, 2.75) is 6.18 Å². The second-order valence-corrected chi connectivity index (χ2v) is 3.03. The molecule has 0 saturated carbocycles. The van der Waals surface area contributed by atoms with E-state index in [1.165, 1.54) is 24.3 Å². The summed E-state index contributed by atoms with van der Waals surface area (Å²) in [6.45, 7) is 2.78. The lowest BCUT2D eigenvalue weighted by molar-refractivity contribution is -0.384. The molecule has 88 valence electrons. The Balaban J connectivity index is 2.87. The average molecular weight is 241 g/mol. The zero-order valence-corrected chi connectivity index (χ0v) is 8.41. The summed E-state index contributed by atoms with van der Waals surface area (Å²) in [7, 11) is 0. The Labute approximate surface area is 94.7 Å². The Hall–Kier alpha value is -2.29. The van der Waals surface area contributed by atoms with E-state index < -0.39 is 16.7 Å². The van der Waals surface area contributed by atoms with Gasteiger partial charge in [0.05, 0.1) is 10.5 Å². The third-order valence-corrected chi connectivity index (χ3v) is 1.78. The first-order valence-corrected chi connectivity index (χ1v) is 4.33. The molecule has 0 aliphatic heterocycles. The van der Waals surface area contributed by atoms with Crippen LogP contribution < -0.4 is 0 Å². The standard InChI is InChI=1S/C11H6F3NO2/c1-8(11(12,13)14)2-3-9-4-6-10(7-5-9)15(16)17/h4-7H,1H2. The van der Waals surface area contributed by atoms with Gasteiger partial charge in [-0.25, -0.2) is 0 Å². The van der Waals surface area contributed by atoms with Gasteiger partial charge >= 0.3 is 6.18 Å². The number of benzene rings is 1. The summed E-state index contributed by atoms with van der Waals surface area (Å²) < 4.78 is 36.1. The van der Waals surface area contributed by atoms with E-state index >= 15 is 0 Å². The number of nitro groups is 1. The van der Waals surface area contributed by atoms with Gasteiger partial charge in [0.2, 0.25) is 0 Å². The SMILES string of the molecule is C=C(C#Cc1ccc([N+](=O)[O-])cc1)C(F)(F)F. The second kappa shape index (κ2) is 4.70. The maximum absolute atomic E-state index is 12.0. The van der Waals surface area contributed by atoms with Gasteiger partial charge in [0.15, 0.2) is 0 Å². The van der Waals surface area contributed by atoms with Crippen molar-refractivity contribution < 1.29 is 18.1 Å². The fourth-order valence-electron chi connectivity index (χ4n) is 0.885. The second-order valence-electron chi connectivity index (χ2n) is 3.03. The van der Waals surface area contributed by atoms with Crippen LogP contribution >= 0.6 is 0 Å². The molecule has 0 radical (unpaired) electrons. The monoisotopic (exact) mass is 241 g/mol. The van der Waals surface area contributed by atoms with Crippen molar-refractivity contribution in [3.8, 4) is 11.8 Å². The van der Waals surface area contributed by atoms with Gasteiger partial charge in [-0.1, -0.05) is 18.4 Å². The highest BCUT2D eigenvalue weighted by Crippen LogP contribution is 2.23. The van der Waals surface area contributed by atoms with Gasteiger partial charge in [-0.05, 0) is 12.1 Å². The number of alkyl halides is 3. The number of nitrogens with zero attached hydrogens (tertiary/aromatic N) is 1. The van der Waals surface area contributed by atoms with Gasteiger partial charge in [0.1, 0.15) is 0 Å². The summed E-state index contributed by atoms with van der Waals surface area (Å²) in [5, 5.41) is 10.3. The highest BCUT2D eigenvalue weighted by Gasteiger charge is 2.30. The Morgan fingerprint density at radius 1 is 1.29 bits per heavy atom. The highest BCUT2D eigenvalue weighted by molar-refractivity contribution is 5.44. The highest BCUT2D eigenvalue weighted by atomic mass is 19.4. The molecule has 0 spiro atoms. The molecule has 3 nitrogen and oxygen atoms in total. The van der Waals surface area contributed by atoms with Crippen LogP contribution in [0.2, 0.25) is 0 Å². The Morgan fingerprint density at radius 2 is 1.82 bits per heavy atom. The van der Waals surface area contributed by atoms with Gasteiger partial charge in [0, 0.05) is 17.7 Å². The van der Waals surface area contributed by atoms with E-state index in [1.807, 2.05) is 5.92 Å². The summed E-state index contributed by atoms with van der Waals surface area (Å²) >= 11 is 0. The molecule has 0 aliphatic carbocycles. The molecule has 17 heavy (non-hydrogen) atoms. The molecule has 1 aromatic rings. The molecule has 0 amide bonds. The van der Waals surface area contributed by atoms with Gasteiger partial charge in [0.25, 0.3) is 5.69 Å². The molecule has 0 bridgehead atoms. The number of hydrogen-bond acceptors (Lipinski definition) is 2. The van der Waals surface area contributed by atoms with E-state index in [4.69, 9.17) is 0 Å². The number of hydrogen-bond donors (Lipinski definition) is 0. The fraction of sp³-hybridized carbons (Fsp3) is 0.0909. The van der Waals surface area contributed by atoms with E-state index in [0.717, 1.165) is 0 Å². The lowest BCUT2D eigenvalue weighted by Crippen LogP contribution is -2.08. The normalized spacial score (nSPS) is 10.3. The summed E-state index contributed by atoms with van der Waals surface area (Å²) in [5.41, 5.74) is -1.05.